The second kappa shape index (κ2) is 4.67. The van der Waals surface area contributed by atoms with Crippen LogP contribution in [0.3, 0.4) is 0 Å². The summed E-state index contributed by atoms with van der Waals surface area (Å²) < 4.78 is 0.906. The second-order valence-electron chi connectivity index (χ2n) is 1.96. The molecule has 0 saturated heterocycles. The lowest BCUT2D eigenvalue weighted by Gasteiger charge is -1.92. The van der Waals surface area contributed by atoms with Gasteiger partial charge in [0.2, 0.25) is 0 Å². The molecule has 0 unspecified atom stereocenters. The number of benzene rings is 1. The molecule has 0 fully saturated rings. The Balaban J connectivity index is 2.79. The standard InChI is InChI=1S/C8H7Br2N/c9-6-8(10)11-7-4-2-1-3-5-7/h1-5H,6H2. The van der Waals surface area contributed by atoms with Crippen molar-refractivity contribution in [2.24, 2.45) is 4.99 Å². The van der Waals surface area contributed by atoms with Crippen molar-refractivity contribution < 1.29 is 0 Å². The molecule has 0 atom stereocenters. The maximum atomic E-state index is 4.26. The van der Waals surface area contributed by atoms with Gasteiger partial charge >= 0.3 is 0 Å². The van der Waals surface area contributed by atoms with Crippen LogP contribution in [-0.4, -0.2) is 9.95 Å². The van der Waals surface area contributed by atoms with E-state index in [1.165, 1.54) is 0 Å². The zero-order chi connectivity index (χ0) is 8.10. The van der Waals surface area contributed by atoms with E-state index in [2.05, 4.69) is 36.9 Å². The van der Waals surface area contributed by atoms with E-state index in [1.54, 1.807) is 0 Å². The van der Waals surface area contributed by atoms with Gasteiger partial charge in [-0.3, -0.25) is 0 Å². The topological polar surface area (TPSA) is 12.4 Å². The molecule has 0 aliphatic carbocycles. The minimum Gasteiger partial charge on any atom is -0.245 e. The minimum absolute atomic E-state index is 0.752. The molecule has 0 bridgehead atoms. The third kappa shape index (κ3) is 3.16. The number of rotatable bonds is 2. The largest absolute Gasteiger partial charge is 0.245 e. The van der Waals surface area contributed by atoms with Crippen LogP contribution in [0.25, 0.3) is 0 Å². The highest BCUT2D eigenvalue weighted by Crippen LogP contribution is 2.12. The van der Waals surface area contributed by atoms with Gasteiger partial charge < -0.3 is 0 Å². The Kier molecular flexibility index (Phi) is 3.80. The Bertz CT molecular complexity index is 244. The van der Waals surface area contributed by atoms with Crippen molar-refractivity contribution in [2.45, 2.75) is 0 Å². The predicted octanol–water partition coefficient (Wildman–Crippen LogP) is 3.51. The highest BCUT2D eigenvalue weighted by molar-refractivity contribution is 9.20. The molecule has 0 spiro atoms. The molecule has 0 N–H and O–H groups in total. The predicted molar refractivity (Wildman–Crippen MR) is 56.3 cm³/mol. The summed E-state index contributed by atoms with van der Waals surface area (Å²) in [5.74, 6) is 0. The van der Waals surface area contributed by atoms with Crippen LogP contribution >= 0.6 is 31.9 Å². The summed E-state index contributed by atoms with van der Waals surface area (Å²) >= 11 is 6.61. The monoisotopic (exact) mass is 275 g/mol. The number of aliphatic imine (C=N–C) groups is 1. The lowest BCUT2D eigenvalue weighted by molar-refractivity contribution is 1.53. The van der Waals surface area contributed by atoms with Crippen molar-refractivity contribution in [2.75, 3.05) is 5.33 Å². The van der Waals surface area contributed by atoms with Gasteiger partial charge in [-0.2, -0.15) is 0 Å². The van der Waals surface area contributed by atoms with Crippen LogP contribution in [0.2, 0.25) is 0 Å². The number of alkyl halides is 1. The minimum atomic E-state index is 0.752. The van der Waals surface area contributed by atoms with E-state index >= 15 is 0 Å². The Morgan fingerprint density at radius 2 is 1.91 bits per heavy atom. The highest BCUT2D eigenvalue weighted by atomic mass is 79.9. The number of hydrogen-bond acceptors (Lipinski definition) is 1. The Morgan fingerprint density at radius 1 is 1.27 bits per heavy atom. The van der Waals surface area contributed by atoms with Gasteiger partial charge in [0.25, 0.3) is 0 Å². The molecule has 0 radical (unpaired) electrons. The van der Waals surface area contributed by atoms with Crippen LogP contribution in [0, 0.1) is 0 Å². The molecule has 0 heterocycles. The first-order valence-electron chi connectivity index (χ1n) is 3.17. The zero-order valence-corrected chi connectivity index (χ0v) is 8.97. The van der Waals surface area contributed by atoms with Gasteiger partial charge in [-0.25, -0.2) is 4.99 Å². The van der Waals surface area contributed by atoms with Crippen LogP contribution in [0.5, 0.6) is 0 Å². The van der Waals surface area contributed by atoms with Crippen molar-refractivity contribution in [3.63, 3.8) is 0 Å². The molecule has 1 rings (SSSR count). The van der Waals surface area contributed by atoms with Crippen molar-refractivity contribution in [1.82, 2.24) is 0 Å². The Hall–Kier alpha value is -0.150. The Morgan fingerprint density at radius 3 is 2.45 bits per heavy atom. The molecule has 1 aromatic rings. The van der Waals surface area contributed by atoms with Crippen molar-refractivity contribution in [3.8, 4) is 0 Å². The van der Waals surface area contributed by atoms with Crippen molar-refractivity contribution in [3.05, 3.63) is 30.3 Å². The Labute approximate surface area is 82.8 Å². The van der Waals surface area contributed by atoms with Crippen LogP contribution < -0.4 is 0 Å². The number of para-hydroxylation sites is 1. The summed E-state index contributed by atoms with van der Waals surface area (Å²) in [5.41, 5.74) is 0.971. The van der Waals surface area contributed by atoms with Crippen LogP contribution in [-0.2, 0) is 0 Å². The van der Waals surface area contributed by atoms with E-state index in [4.69, 9.17) is 0 Å². The molecule has 1 aromatic carbocycles. The molecule has 0 amide bonds. The molecular formula is C8H7Br2N. The first-order chi connectivity index (χ1) is 5.33. The zero-order valence-electron chi connectivity index (χ0n) is 5.80. The lowest BCUT2D eigenvalue weighted by atomic mass is 10.3. The molecule has 0 aliphatic heterocycles. The third-order valence-corrected chi connectivity index (χ3v) is 2.86. The van der Waals surface area contributed by atoms with Crippen molar-refractivity contribution in [1.29, 1.82) is 0 Å². The summed E-state index contributed by atoms with van der Waals surface area (Å²) in [6.45, 7) is 0. The first kappa shape index (κ1) is 8.94. The normalized spacial score (nSPS) is 11.6. The fourth-order valence-electron chi connectivity index (χ4n) is 0.672. The van der Waals surface area contributed by atoms with Gasteiger partial charge in [0, 0.05) is 0 Å². The second-order valence-corrected chi connectivity index (χ2v) is 3.43. The SMILES string of the molecule is BrCC(Br)=Nc1ccccc1. The molecule has 0 saturated carbocycles. The summed E-state index contributed by atoms with van der Waals surface area (Å²) in [4.78, 5) is 4.26. The summed E-state index contributed by atoms with van der Waals surface area (Å²) in [6.07, 6.45) is 0. The molecule has 0 aromatic heterocycles. The lowest BCUT2D eigenvalue weighted by Crippen LogP contribution is -1.83. The molecule has 1 nitrogen and oxygen atoms in total. The maximum absolute atomic E-state index is 4.26. The average Bonchev–Trinajstić information content (AvgIpc) is 2.06. The number of hydrogen-bond donors (Lipinski definition) is 0. The van der Waals surface area contributed by atoms with Gasteiger partial charge in [-0.1, -0.05) is 34.1 Å². The van der Waals surface area contributed by atoms with Crippen molar-refractivity contribution >= 4 is 42.2 Å². The highest BCUT2D eigenvalue weighted by Gasteiger charge is 1.89. The third-order valence-electron chi connectivity index (χ3n) is 1.12. The van der Waals surface area contributed by atoms with Gasteiger partial charge in [-0.15, -0.1) is 0 Å². The summed E-state index contributed by atoms with van der Waals surface area (Å²) in [6, 6.07) is 9.83. The molecule has 3 heteroatoms. The molecular weight excluding hydrogens is 270 g/mol. The number of nitrogens with zero attached hydrogens (tertiary/aromatic N) is 1. The van der Waals surface area contributed by atoms with E-state index in [0.717, 1.165) is 15.6 Å². The van der Waals surface area contributed by atoms with Gasteiger partial charge in [0.05, 0.1) is 15.6 Å². The smallest absolute Gasteiger partial charge is 0.0941 e. The van der Waals surface area contributed by atoms with Crippen LogP contribution in [0.15, 0.2) is 35.3 Å². The average molecular weight is 277 g/mol. The van der Waals surface area contributed by atoms with Gasteiger partial charge in [-0.05, 0) is 28.1 Å². The van der Waals surface area contributed by atoms with Gasteiger partial charge in [0.1, 0.15) is 0 Å². The summed E-state index contributed by atoms with van der Waals surface area (Å²) in [7, 11) is 0. The maximum Gasteiger partial charge on any atom is 0.0941 e. The van der Waals surface area contributed by atoms with Gasteiger partial charge in [0.15, 0.2) is 0 Å². The van der Waals surface area contributed by atoms with E-state index in [9.17, 15) is 0 Å². The van der Waals surface area contributed by atoms with Crippen LogP contribution in [0.1, 0.15) is 0 Å². The van der Waals surface area contributed by atoms with E-state index < -0.39 is 0 Å². The van der Waals surface area contributed by atoms with E-state index in [1.807, 2.05) is 30.3 Å². The fraction of sp³-hybridized carbons (Fsp3) is 0.125. The number of halogens is 2. The molecule has 0 aliphatic rings. The fourth-order valence-corrected chi connectivity index (χ4v) is 1.00. The first-order valence-corrected chi connectivity index (χ1v) is 5.08. The quantitative estimate of drug-likeness (QED) is 0.579. The molecule has 58 valence electrons. The van der Waals surface area contributed by atoms with E-state index in [0.29, 0.717) is 0 Å². The van der Waals surface area contributed by atoms with E-state index in [-0.39, 0.29) is 0 Å². The van der Waals surface area contributed by atoms with Crippen LogP contribution in [0.4, 0.5) is 5.69 Å². The molecule has 11 heavy (non-hydrogen) atoms. The summed E-state index contributed by atoms with van der Waals surface area (Å²) in [5, 5.41) is 0.752.